The lowest BCUT2D eigenvalue weighted by molar-refractivity contribution is -0.138. The minimum Gasteiger partial charge on any atom is -0.480 e. The van der Waals surface area contributed by atoms with Gasteiger partial charge >= 0.3 is 5.97 Å². The Morgan fingerprint density at radius 1 is 1.50 bits per heavy atom. The zero-order valence-corrected chi connectivity index (χ0v) is 8.20. The lowest BCUT2D eigenvalue weighted by Gasteiger charge is -2.09. The van der Waals surface area contributed by atoms with Gasteiger partial charge in [0.2, 0.25) is 5.95 Å². The fraction of sp³-hybridized carbons (Fsp3) is 0.222. The lowest BCUT2D eigenvalue weighted by atomic mass is 10.2. The number of aliphatic carboxylic acids is 1. The minimum atomic E-state index is -1.41. The highest BCUT2D eigenvalue weighted by Gasteiger charge is 2.20. The predicted octanol–water partition coefficient (Wildman–Crippen LogP) is 0.563. The van der Waals surface area contributed by atoms with Gasteiger partial charge in [0.25, 0.3) is 5.91 Å². The van der Waals surface area contributed by atoms with Crippen LogP contribution in [0.5, 0.6) is 0 Å². The first kappa shape index (κ1) is 12.0. The zero-order valence-electron chi connectivity index (χ0n) is 8.20. The second-order valence-corrected chi connectivity index (χ2v) is 3.00. The lowest BCUT2D eigenvalue weighted by Crippen LogP contribution is -2.38. The molecule has 0 radical (unpaired) electrons. The van der Waals surface area contributed by atoms with E-state index in [1.165, 1.54) is 6.92 Å². The van der Waals surface area contributed by atoms with Gasteiger partial charge in [-0.15, -0.1) is 0 Å². The molecule has 1 amide bonds. The highest BCUT2D eigenvalue weighted by Crippen LogP contribution is 2.08. The van der Waals surface area contributed by atoms with Crippen LogP contribution in [0.2, 0.25) is 0 Å². The molecular formula is C9H8F2N2O3. The maximum absolute atomic E-state index is 13.1. The topological polar surface area (TPSA) is 79.3 Å². The smallest absolute Gasteiger partial charge is 0.325 e. The van der Waals surface area contributed by atoms with Crippen molar-refractivity contribution in [2.75, 3.05) is 0 Å². The van der Waals surface area contributed by atoms with E-state index < -0.39 is 35.2 Å². The number of carbonyl (C=O) groups excluding carboxylic acids is 1. The van der Waals surface area contributed by atoms with Gasteiger partial charge in [-0.25, -0.2) is 9.37 Å². The molecule has 1 aromatic rings. The van der Waals surface area contributed by atoms with Gasteiger partial charge < -0.3 is 10.4 Å². The van der Waals surface area contributed by atoms with E-state index in [0.29, 0.717) is 0 Å². The molecule has 1 heterocycles. The number of halogens is 2. The van der Waals surface area contributed by atoms with E-state index in [4.69, 9.17) is 5.11 Å². The van der Waals surface area contributed by atoms with Crippen LogP contribution in [0.25, 0.3) is 0 Å². The average Bonchev–Trinajstić information content (AvgIpc) is 2.21. The molecular weight excluding hydrogens is 222 g/mol. The summed E-state index contributed by atoms with van der Waals surface area (Å²) in [6, 6.07) is -0.231. The van der Waals surface area contributed by atoms with Crippen molar-refractivity contribution in [3.8, 4) is 0 Å². The Bertz CT molecular complexity index is 437. The van der Waals surface area contributed by atoms with Crippen molar-refractivity contribution in [3.05, 3.63) is 29.6 Å². The Hall–Kier alpha value is -2.05. The molecule has 1 rings (SSSR count). The van der Waals surface area contributed by atoms with E-state index in [1.54, 1.807) is 0 Å². The highest BCUT2D eigenvalue weighted by atomic mass is 19.2. The number of hydrogen-bond donors (Lipinski definition) is 2. The molecule has 0 aromatic carbocycles. The second kappa shape index (κ2) is 4.65. The number of aromatic nitrogens is 1. The predicted molar refractivity (Wildman–Crippen MR) is 48.7 cm³/mol. The Labute approximate surface area is 89.1 Å². The van der Waals surface area contributed by atoms with Crippen molar-refractivity contribution >= 4 is 11.9 Å². The van der Waals surface area contributed by atoms with E-state index in [2.05, 4.69) is 4.98 Å². The standard InChI is InChI=1S/C9H8F2N2O3/c1-4(9(15)16)13-8(14)5-2-3-12-7(11)6(5)10/h2-4H,1H3,(H,13,14)(H,15,16)/t4-/m1/s1. The van der Waals surface area contributed by atoms with Crippen molar-refractivity contribution in [3.63, 3.8) is 0 Å². The summed E-state index contributed by atoms with van der Waals surface area (Å²) in [7, 11) is 0. The number of rotatable bonds is 3. The number of nitrogens with one attached hydrogen (secondary N) is 1. The zero-order chi connectivity index (χ0) is 12.3. The summed E-state index contributed by atoms with van der Waals surface area (Å²) in [6.07, 6.45) is 0.915. The van der Waals surface area contributed by atoms with Crippen molar-refractivity contribution in [2.45, 2.75) is 13.0 Å². The Kier molecular flexibility index (Phi) is 3.49. The van der Waals surface area contributed by atoms with E-state index in [0.717, 1.165) is 12.3 Å². The first-order valence-corrected chi connectivity index (χ1v) is 4.27. The summed E-state index contributed by atoms with van der Waals surface area (Å²) in [4.78, 5) is 24.7. The van der Waals surface area contributed by atoms with Crippen LogP contribution in [0.3, 0.4) is 0 Å². The first-order valence-electron chi connectivity index (χ1n) is 4.27. The van der Waals surface area contributed by atoms with Gasteiger partial charge in [-0.2, -0.15) is 4.39 Å². The van der Waals surface area contributed by atoms with Crippen molar-refractivity contribution in [1.29, 1.82) is 0 Å². The van der Waals surface area contributed by atoms with Crippen LogP contribution in [-0.4, -0.2) is 28.0 Å². The van der Waals surface area contributed by atoms with Gasteiger partial charge in [-0.1, -0.05) is 0 Å². The molecule has 0 spiro atoms. The normalized spacial score (nSPS) is 11.9. The van der Waals surface area contributed by atoms with Gasteiger partial charge in [-0.3, -0.25) is 9.59 Å². The van der Waals surface area contributed by atoms with Gasteiger partial charge in [0.1, 0.15) is 6.04 Å². The maximum Gasteiger partial charge on any atom is 0.325 e. The molecule has 0 fully saturated rings. The molecule has 0 unspecified atom stereocenters. The quantitative estimate of drug-likeness (QED) is 0.743. The number of nitrogens with zero attached hydrogens (tertiary/aromatic N) is 1. The Morgan fingerprint density at radius 3 is 2.69 bits per heavy atom. The number of carboxylic acid groups (broad SMARTS) is 1. The molecule has 0 aliphatic rings. The van der Waals surface area contributed by atoms with Gasteiger partial charge in [0.15, 0.2) is 5.82 Å². The Morgan fingerprint density at radius 2 is 2.12 bits per heavy atom. The molecule has 0 saturated heterocycles. The second-order valence-electron chi connectivity index (χ2n) is 3.00. The van der Waals surface area contributed by atoms with Gasteiger partial charge in [0, 0.05) is 6.20 Å². The fourth-order valence-electron chi connectivity index (χ4n) is 0.930. The van der Waals surface area contributed by atoms with E-state index >= 15 is 0 Å². The molecule has 1 aromatic heterocycles. The number of hydrogen-bond acceptors (Lipinski definition) is 3. The molecule has 5 nitrogen and oxygen atoms in total. The fourth-order valence-corrected chi connectivity index (χ4v) is 0.930. The Balaban J connectivity index is 2.89. The van der Waals surface area contributed by atoms with Crippen LogP contribution < -0.4 is 5.32 Å². The van der Waals surface area contributed by atoms with Crippen LogP contribution in [0.1, 0.15) is 17.3 Å². The third-order valence-electron chi connectivity index (χ3n) is 1.81. The van der Waals surface area contributed by atoms with Crippen LogP contribution in [0, 0.1) is 11.8 Å². The van der Waals surface area contributed by atoms with Crippen LogP contribution in [-0.2, 0) is 4.79 Å². The van der Waals surface area contributed by atoms with E-state index in [-0.39, 0.29) is 0 Å². The number of pyridine rings is 1. The highest BCUT2D eigenvalue weighted by molar-refractivity contribution is 5.96. The minimum absolute atomic E-state index is 0.583. The summed E-state index contributed by atoms with van der Waals surface area (Å²) in [5, 5.41) is 10.5. The molecule has 16 heavy (non-hydrogen) atoms. The third kappa shape index (κ3) is 2.50. The number of amides is 1. The number of carbonyl (C=O) groups is 2. The molecule has 0 aliphatic heterocycles. The summed E-state index contributed by atoms with van der Waals surface area (Å²) < 4.78 is 25.7. The first-order chi connectivity index (χ1) is 7.43. The van der Waals surface area contributed by atoms with E-state index in [9.17, 15) is 18.4 Å². The largest absolute Gasteiger partial charge is 0.480 e. The molecule has 86 valence electrons. The van der Waals surface area contributed by atoms with Crippen LogP contribution >= 0.6 is 0 Å². The van der Waals surface area contributed by atoms with Gasteiger partial charge in [0.05, 0.1) is 5.56 Å². The third-order valence-corrected chi connectivity index (χ3v) is 1.81. The average molecular weight is 230 g/mol. The summed E-state index contributed by atoms with van der Waals surface area (Å²) in [6.45, 7) is 1.20. The monoisotopic (exact) mass is 230 g/mol. The summed E-state index contributed by atoms with van der Waals surface area (Å²) >= 11 is 0. The van der Waals surface area contributed by atoms with Crippen LogP contribution in [0.15, 0.2) is 12.3 Å². The van der Waals surface area contributed by atoms with E-state index in [1.807, 2.05) is 5.32 Å². The molecule has 2 N–H and O–H groups in total. The summed E-state index contributed by atoms with van der Waals surface area (Å²) in [5.74, 6) is -5.09. The number of carboxylic acids is 1. The van der Waals surface area contributed by atoms with Crippen molar-refractivity contribution in [2.24, 2.45) is 0 Å². The molecule has 1 atom stereocenters. The maximum atomic E-state index is 13.1. The molecule has 0 saturated carbocycles. The molecule has 7 heteroatoms. The van der Waals surface area contributed by atoms with Crippen molar-refractivity contribution < 1.29 is 23.5 Å². The van der Waals surface area contributed by atoms with Gasteiger partial charge in [-0.05, 0) is 13.0 Å². The van der Waals surface area contributed by atoms with Crippen molar-refractivity contribution in [1.82, 2.24) is 10.3 Å². The van der Waals surface area contributed by atoms with Crippen LogP contribution in [0.4, 0.5) is 8.78 Å². The summed E-state index contributed by atoms with van der Waals surface area (Å²) in [5.41, 5.74) is -0.583. The molecule has 0 bridgehead atoms. The SMILES string of the molecule is C[C@@H](NC(=O)c1ccnc(F)c1F)C(=O)O. The molecule has 0 aliphatic carbocycles.